The second kappa shape index (κ2) is 7.44. The minimum absolute atomic E-state index is 0.0504. The van der Waals surface area contributed by atoms with Crippen LogP contribution < -0.4 is 5.32 Å². The summed E-state index contributed by atoms with van der Waals surface area (Å²) in [5.74, 6) is -1.13. The van der Waals surface area contributed by atoms with E-state index in [-0.39, 0.29) is 24.0 Å². The van der Waals surface area contributed by atoms with Crippen molar-refractivity contribution in [3.63, 3.8) is 0 Å². The molecule has 4 rings (SSSR count). The van der Waals surface area contributed by atoms with Gasteiger partial charge in [-0.15, -0.1) is 0 Å². The number of fused-ring (bicyclic) bond motifs is 3. The zero-order chi connectivity index (χ0) is 19.7. The van der Waals surface area contributed by atoms with Crippen LogP contribution in [0.15, 0.2) is 65.1 Å². The molecule has 140 valence electrons. The van der Waals surface area contributed by atoms with Crippen LogP contribution in [0, 0.1) is 0 Å². The lowest BCUT2D eigenvalue weighted by atomic mass is 9.98. The van der Waals surface area contributed by atoms with Gasteiger partial charge in [0.1, 0.15) is 12.4 Å². The summed E-state index contributed by atoms with van der Waals surface area (Å²) in [5.41, 5.74) is 4.34. The van der Waals surface area contributed by atoms with Gasteiger partial charge in [-0.25, -0.2) is 14.6 Å². The summed E-state index contributed by atoms with van der Waals surface area (Å²) in [5, 5.41) is 11.6. The van der Waals surface area contributed by atoms with Crippen LogP contribution >= 0.6 is 15.9 Å². The van der Waals surface area contributed by atoms with Crippen molar-refractivity contribution < 1.29 is 19.4 Å². The molecular weight excluding hydrogens is 424 g/mol. The minimum atomic E-state index is -1.19. The molecule has 1 aliphatic rings. The van der Waals surface area contributed by atoms with Crippen LogP contribution in [-0.2, 0) is 4.74 Å². The van der Waals surface area contributed by atoms with E-state index in [9.17, 15) is 9.59 Å². The highest BCUT2D eigenvalue weighted by atomic mass is 79.9. The monoisotopic (exact) mass is 438 g/mol. The molecule has 0 radical (unpaired) electrons. The fourth-order valence-electron chi connectivity index (χ4n) is 3.40. The van der Waals surface area contributed by atoms with E-state index in [2.05, 4.69) is 38.4 Å². The third-order valence-corrected chi connectivity index (χ3v) is 5.26. The van der Waals surface area contributed by atoms with Gasteiger partial charge in [0.15, 0.2) is 5.69 Å². The molecule has 0 bridgehead atoms. The van der Waals surface area contributed by atoms with Gasteiger partial charge in [0, 0.05) is 5.92 Å². The number of carboxylic acids is 1. The topological polar surface area (TPSA) is 88.5 Å². The van der Waals surface area contributed by atoms with Crippen molar-refractivity contribution in [3.8, 4) is 11.1 Å². The molecule has 0 unspecified atom stereocenters. The molecule has 3 aromatic rings. The molecule has 2 aromatic carbocycles. The quantitative estimate of drug-likeness (QED) is 0.604. The maximum atomic E-state index is 12.2. The predicted octanol–water partition coefficient (Wildman–Crippen LogP) is 4.90. The largest absolute Gasteiger partial charge is 0.476 e. The first kappa shape index (κ1) is 18.2. The van der Waals surface area contributed by atoms with E-state index in [1.54, 1.807) is 0 Å². The standard InChI is InChI=1S/C21H15BrN2O4/c22-17-9-10-18(23-19(17)20(25)26)24-21(27)28-11-16-14-7-3-1-5-12(14)13-6-2-4-8-15(13)16/h1-10,16H,11H2,(H,25,26)(H,23,24,27). The first-order chi connectivity index (χ1) is 13.5. The fraction of sp³-hybridized carbons (Fsp3) is 0.0952. The second-order valence-corrected chi connectivity index (χ2v) is 7.14. The molecule has 0 fully saturated rings. The summed E-state index contributed by atoms with van der Waals surface area (Å²) in [4.78, 5) is 27.3. The van der Waals surface area contributed by atoms with Crippen LogP contribution in [0.25, 0.3) is 11.1 Å². The number of carbonyl (C=O) groups excluding carboxylic acids is 1. The van der Waals surface area contributed by atoms with Crippen molar-refractivity contribution in [2.24, 2.45) is 0 Å². The van der Waals surface area contributed by atoms with Gasteiger partial charge >= 0.3 is 12.1 Å². The predicted molar refractivity (Wildman–Crippen MR) is 108 cm³/mol. The second-order valence-electron chi connectivity index (χ2n) is 6.28. The van der Waals surface area contributed by atoms with Gasteiger partial charge in [-0.2, -0.15) is 0 Å². The number of rotatable bonds is 4. The summed E-state index contributed by atoms with van der Waals surface area (Å²) >= 11 is 3.12. The van der Waals surface area contributed by atoms with Crippen LogP contribution in [0.1, 0.15) is 27.5 Å². The van der Waals surface area contributed by atoms with Crippen LogP contribution in [0.3, 0.4) is 0 Å². The maximum Gasteiger partial charge on any atom is 0.412 e. The van der Waals surface area contributed by atoms with Gasteiger partial charge in [-0.1, -0.05) is 48.5 Å². The van der Waals surface area contributed by atoms with Crippen LogP contribution in [0.2, 0.25) is 0 Å². The van der Waals surface area contributed by atoms with E-state index >= 15 is 0 Å². The van der Waals surface area contributed by atoms with E-state index in [4.69, 9.17) is 9.84 Å². The van der Waals surface area contributed by atoms with Crippen molar-refractivity contribution in [1.82, 2.24) is 4.98 Å². The number of benzene rings is 2. The molecule has 28 heavy (non-hydrogen) atoms. The van der Waals surface area contributed by atoms with Gasteiger partial charge in [0.2, 0.25) is 0 Å². The number of carboxylic acid groups (broad SMARTS) is 1. The van der Waals surface area contributed by atoms with Crippen molar-refractivity contribution in [2.75, 3.05) is 11.9 Å². The van der Waals surface area contributed by atoms with E-state index in [0.717, 1.165) is 22.3 Å². The minimum Gasteiger partial charge on any atom is -0.476 e. The molecule has 1 amide bonds. The molecule has 1 aliphatic carbocycles. The highest BCUT2D eigenvalue weighted by molar-refractivity contribution is 9.10. The molecule has 2 N–H and O–H groups in total. The Labute approximate surface area is 169 Å². The van der Waals surface area contributed by atoms with Crippen LogP contribution in [0.5, 0.6) is 0 Å². The first-order valence-corrected chi connectivity index (χ1v) is 9.35. The summed E-state index contributed by atoms with van der Waals surface area (Å²) in [6.45, 7) is 0.169. The lowest BCUT2D eigenvalue weighted by Crippen LogP contribution is -2.19. The maximum absolute atomic E-state index is 12.2. The average Bonchev–Trinajstić information content (AvgIpc) is 3.01. The molecule has 6 nitrogen and oxygen atoms in total. The van der Waals surface area contributed by atoms with Gasteiger partial charge in [0.05, 0.1) is 4.47 Å². The van der Waals surface area contributed by atoms with Crippen molar-refractivity contribution in [1.29, 1.82) is 0 Å². The SMILES string of the molecule is O=C(Nc1ccc(Br)c(C(=O)O)n1)OCC1c2ccccc2-c2ccccc21. The third kappa shape index (κ3) is 3.36. The van der Waals surface area contributed by atoms with Gasteiger partial charge in [0.25, 0.3) is 0 Å². The van der Waals surface area contributed by atoms with E-state index < -0.39 is 12.1 Å². The molecule has 0 aliphatic heterocycles. The number of pyridine rings is 1. The molecule has 0 saturated heterocycles. The van der Waals surface area contributed by atoms with Crippen molar-refractivity contribution in [2.45, 2.75) is 5.92 Å². The van der Waals surface area contributed by atoms with Crippen LogP contribution in [-0.4, -0.2) is 28.8 Å². The average molecular weight is 439 g/mol. The normalized spacial score (nSPS) is 12.2. The van der Waals surface area contributed by atoms with Crippen LogP contribution in [0.4, 0.5) is 10.6 Å². The zero-order valence-corrected chi connectivity index (χ0v) is 16.1. The number of halogens is 1. The molecule has 1 aromatic heterocycles. The number of amides is 1. The summed E-state index contributed by atoms with van der Waals surface area (Å²) in [7, 11) is 0. The fourth-order valence-corrected chi connectivity index (χ4v) is 3.79. The Morgan fingerprint density at radius 1 is 1.00 bits per heavy atom. The summed E-state index contributed by atoms with van der Waals surface area (Å²) in [6, 6.07) is 19.1. The number of anilines is 1. The number of aromatic nitrogens is 1. The van der Waals surface area contributed by atoms with Gasteiger partial charge in [-0.3, -0.25) is 5.32 Å². The number of nitrogens with zero attached hydrogens (tertiary/aromatic N) is 1. The molecule has 0 saturated carbocycles. The molecular formula is C21H15BrN2O4. The smallest absolute Gasteiger partial charge is 0.412 e. The number of nitrogens with one attached hydrogen (secondary N) is 1. The lowest BCUT2D eigenvalue weighted by Gasteiger charge is -2.14. The Morgan fingerprint density at radius 3 is 2.21 bits per heavy atom. The lowest BCUT2D eigenvalue weighted by molar-refractivity contribution is 0.0689. The number of ether oxygens (including phenoxy) is 1. The van der Waals surface area contributed by atoms with Gasteiger partial charge < -0.3 is 9.84 Å². The Bertz CT molecular complexity index is 1040. The van der Waals surface area contributed by atoms with E-state index in [0.29, 0.717) is 4.47 Å². The Hall–Kier alpha value is -3.19. The third-order valence-electron chi connectivity index (χ3n) is 4.62. The Balaban J connectivity index is 1.49. The number of hydrogen-bond donors (Lipinski definition) is 2. The van der Waals surface area contributed by atoms with E-state index in [1.165, 1.54) is 12.1 Å². The number of hydrogen-bond acceptors (Lipinski definition) is 4. The number of aromatic carboxylic acids is 1. The highest BCUT2D eigenvalue weighted by Crippen LogP contribution is 2.44. The summed E-state index contributed by atoms with van der Waals surface area (Å²) < 4.78 is 5.76. The van der Waals surface area contributed by atoms with Crippen molar-refractivity contribution >= 4 is 33.8 Å². The molecule has 0 spiro atoms. The molecule has 1 heterocycles. The van der Waals surface area contributed by atoms with E-state index in [1.807, 2.05) is 36.4 Å². The Morgan fingerprint density at radius 2 is 1.61 bits per heavy atom. The van der Waals surface area contributed by atoms with Crippen molar-refractivity contribution in [3.05, 3.63) is 82.0 Å². The number of carbonyl (C=O) groups is 2. The summed E-state index contributed by atoms with van der Waals surface area (Å²) in [6.07, 6.45) is -0.687. The zero-order valence-electron chi connectivity index (χ0n) is 14.6. The highest BCUT2D eigenvalue weighted by Gasteiger charge is 2.29. The first-order valence-electron chi connectivity index (χ1n) is 8.56. The molecule has 7 heteroatoms. The Kier molecular flexibility index (Phi) is 4.83. The molecule has 0 atom stereocenters. The van der Waals surface area contributed by atoms with Gasteiger partial charge in [-0.05, 0) is 50.3 Å².